The lowest BCUT2D eigenvalue weighted by Crippen LogP contribution is -2.30. The van der Waals surface area contributed by atoms with E-state index >= 15 is 0 Å². The summed E-state index contributed by atoms with van der Waals surface area (Å²) in [5, 5.41) is 12.8. The van der Waals surface area contributed by atoms with E-state index in [9.17, 15) is 5.11 Å². The number of aliphatic hydroxyl groups excluding tert-OH is 1. The lowest BCUT2D eigenvalue weighted by atomic mass is 10.3. The second-order valence-electron chi connectivity index (χ2n) is 3.76. The number of hydrogen-bond donors (Lipinski definition) is 2. The maximum atomic E-state index is 9.65. The number of rotatable bonds is 10. The van der Waals surface area contributed by atoms with E-state index in [0.717, 1.165) is 10.3 Å². The molecule has 18 heavy (non-hydrogen) atoms. The van der Waals surface area contributed by atoms with Gasteiger partial charge in [-0.15, -0.1) is 11.3 Å². The number of ether oxygens (including phenoxy) is 2. The van der Waals surface area contributed by atoms with Gasteiger partial charge < -0.3 is 19.9 Å². The summed E-state index contributed by atoms with van der Waals surface area (Å²) in [6.45, 7) is 5.40. The van der Waals surface area contributed by atoms with Crippen LogP contribution in [0.3, 0.4) is 0 Å². The third kappa shape index (κ3) is 7.45. The highest BCUT2D eigenvalue weighted by molar-refractivity contribution is 9.11. The van der Waals surface area contributed by atoms with Crippen molar-refractivity contribution in [3.05, 3.63) is 20.8 Å². The molecule has 2 N–H and O–H groups in total. The summed E-state index contributed by atoms with van der Waals surface area (Å²) in [7, 11) is 0. The van der Waals surface area contributed by atoms with Crippen molar-refractivity contribution in [3.8, 4) is 0 Å². The largest absolute Gasteiger partial charge is 0.389 e. The summed E-state index contributed by atoms with van der Waals surface area (Å²) in [5.74, 6) is 0. The molecule has 0 amide bonds. The zero-order chi connectivity index (χ0) is 13.2. The molecule has 0 aliphatic carbocycles. The summed E-state index contributed by atoms with van der Waals surface area (Å²) in [4.78, 5) is 1.24. The number of aliphatic hydroxyl groups is 1. The lowest BCUT2D eigenvalue weighted by molar-refractivity contribution is 0.00644. The predicted molar refractivity (Wildman–Crippen MR) is 77.0 cm³/mol. The van der Waals surface area contributed by atoms with Crippen molar-refractivity contribution in [3.63, 3.8) is 0 Å². The molecule has 0 aliphatic heterocycles. The van der Waals surface area contributed by atoms with Gasteiger partial charge in [0.1, 0.15) is 0 Å². The van der Waals surface area contributed by atoms with E-state index in [1.165, 1.54) is 4.88 Å². The molecular weight excluding hydrogens is 318 g/mol. The molecule has 1 unspecified atom stereocenters. The van der Waals surface area contributed by atoms with Crippen LogP contribution in [0.25, 0.3) is 0 Å². The second kappa shape index (κ2) is 9.89. The zero-order valence-corrected chi connectivity index (χ0v) is 12.9. The number of nitrogens with one attached hydrogen (secondary N) is 1. The Morgan fingerprint density at radius 2 is 2.17 bits per heavy atom. The molecule has 4 nitrogen and oxygen atoms in total. The SMILES string of the molecule is CCOCCOCC(O)CNCc1ccc(Br)s1. The van der Waals surface area contributed by atoms with Crippen LogP contribution in [0.4, 0.5) is 0 Å². The maximum absolute atomic E-state index is 9.65. The average Bonchev–Trinajstić information content (AvgIpc) is 2.75. The van der Waals surface area contributed by atoms with E-state index in [1.54, 1.807) is 11.3 Å². The van der Waals surface area contributed by atoms with Crippen LogP contribution in [0.5, 0.6) is 0 Å². The van der Waals surface area contributed by atoms with Crippen molar-refractivity contribution in [2.45, 2.75) is 19.6 Å². The summed E-state index contributed by atoms with van der Waals surface area (Å²) < 4.78 is 11.5. The van der Waals surface area contributed by atoms with Gasteiger partial charge in [-0.05, 0) is 35.0 Å². The topological polar surface area (TPSA) is 50.7 Å². The van der Waals surface area contributed by atoms with Crippen LogP contribution in [-0.4, -0.2) is 44.2 Å². The van der Waals surface area contributed by atoms with Crippen molar-refractivity contribution >= 4 is 27.3 Å². The molecule has 1 heterocycles. The molecule has 104 valence electrons. The van der Waals surface area contributed by atoms with E-state index in [2.05, 4.69) is 27.3 Å². The Hall–Kier alpha value is 0.0200. The Bertz CT molecular complexity index is 322. The van der Waals surface area contributed by atoms with Gasteiger partial charge in [0.15, 0.2) is 0 Å². The fraction of sp³-hybridized carbons (Fsp3) is 0.667. The number of halogens is 1. The van der Waals surface area contributed by atoms with Crippen molar-refractivity contribution in [2.24, 2.45) is 0 Å². The molecule has 0 fully saturated rings. The standard InChI is InChI=1S/C12H20BrNO3S/c1-2-16-5-6-17-9-10(15)7-14-8-11-3-4-12(13)18-11/h3-4,10,14-15H,2,5-9H2,1H3. The van der Waals surface area contributed by atoms with E-state index < -0.39 is 6.10 Å². The van der Waals surface area contributed by atoms with E-state index in [-0.39, 0.29) is 0 Å². The van der Waals surface area contributed by atoms with E-state index in [4.69, 9.17) is 9.47 Å². The molecular formula is C12H20BrNO3S. The van der Waals surface area contributed by atoms with Crippen molar-refractivity contribution < 1.29 is 14.6 Å². The first-order chi connectivity index (χ1) is 8.72. The highest BCUT2D eigenvalue weighted by atomic mass is 79.9. The molecule has 1 atom stereocenters. The van der Waals surface area contributed by atoms with E-state index in [0.29, 0.717) is 33.0 Å². The summed E-state index contributed by atoms with van der Waals surface area (Å²) >= 11 is 5.11. The first kappa shape index (κ1) is 16.1. The summed E-state index contributed by atoms with van der Waals surface area (Å²) in [5.41, 5.74) is 0. The van der Waals surface area contributed by atoms with Crippen LogP contribution in [0.1, 0.15) is 11.8 Å². The fourth-order valence-corrected chi connectivity index (χ4v) is 2.80. The quantitative estimate of drug-likeness (QED) is 0.641. The lowest BCUT2D eigenvalue weighted by Gasteiger charge is -2.11. The Kier molecular flexibility index (Phi) is 8.83. The molecule has 0 spiro atoms. The van der Waals surface area contributed by atoms with Gasteiger partial charge in [0.25, 0.3) is 0 Å². The van der Waals surface area contributed by atoms with Crippen LogP contribution in [0, 0.1) is 0 Å². The number of hydrogen-bond acceptors (Lipinski definition) is 5. The molecule has 0 saturated heterocycles. The van der Waals surface area contributed by atoms with Crippen LogP contribution < -0.4 is 5.32 Å². The Morgan fingerprint density at radius 3 is 2.83 bits per heavy atom. The molecule has 6 heteroatoms. The normalized spacial score (nSPS) is 12.8. The van der Waals surface area contributed by atoms with Gasteiger partial charge in [0.2, 0.25) is 0 Å². The smallest absolute Gasteiger partial charge is 0.0897 e. The monoisotopic (exact) mass is 337 g/mol. The minimum absolute atomic E-state index is 0.341. The molecule has 0 radical (unpaired) electrons. The van der Waals surface area contributed by atoms with Crippen LogP contribution in [-0.2, 0) is 16.0 Å². The third-order valence-electron chi connectivity index (χ3n) is 2.19. The first-order valence-corrected chi connectivity index (χ1v) is 7.61. The van der Waals surface area contributed by atoms with Crippen LogP contribution in [0.2, 0.25) is 0 Å². The minimum atomic E-state index is -0.477. The molecule has 0 aliphatic rings. The van der Waals surface area contributed by atoms with Crippen molar-refractivity contribution in [1.82, 2.24) is 5.32 Å². The van der Waals surface area contributed by atoms with Gasteiger partial charge in [-0.3, -0.25) is 0 Å². The van der Waals surface area contributed by atoms with Gasteiger partial charge in [0, 0.05) is 24.6 Å². The maximum Gasteiger partial charge on any atom is 0.0897 e. The van der Waals surface area contributed by atoms with Crippen LogP contribution in [0.15, 0.2) is 15.9 Å². The second-order valence-corrected chi connectivity index (χ2v) is 6.31. The minimum Gasteiger partial charge on any atom is -0.389 e. The summed E-state index contributed by atoms with van der Waals surface area (Å²) in [6.07, 6.45) is -0.477. The zero-order valence-electron chi connectivity index (χ0n) is 10.5. The highest BCUT2D eigenvalue weighted by Gasteiger charge is 2.04. The molecule has 1 rings (SSSR count). The average molecular weight is 338 g/mol. The Labute approximate surface area is 120 Å². The first-order valence-electron chi connectivity index (χ1n) is 6.01. The Balaban J connectivity index is 1.98. The van der Waals surface area contributed by atoms with Gasteiger partial charge in [0.05, 0.1) is 29.7 Å². The highest BCUT2D eigenvalue weighted by Crippen LogP contribution is 2.21. The van der Waals surface area contributed by atoms with Gasteiger partial charge in [-0.1, -0.05) is 0 Å². The fourth-order valence-electron chi connectivity index (χ4n) is 1.35. The van der Waals surface area contributed by atoms with Crippen LogP contribution >= 0.6 is 27.3 Å². The van der Waals surface area contributed by atoms with Gasteiger partial charge in [-0.2, -0.15) is 0 Å². The Morgan fingerprint density at radius 1 is 1.39 bits per heavy atom. The molecule has 0 aromatic carbocycles. The van der Waals surface area contributed by atoms with Crippen molar-refractivity contribution in [2.75, 3.05) is 33.0 Å². The van der Waals surface area contributed by atoms with Gasteiger partial charge >= 0.3 is 0 Å². The summed E-state index contributed by atoms with van der Waals surface area (Å²) in [6, 6.07) is 4.08. The molecule has 0 saturated carbocycles. The molecule has 0 bridgehead atoms. The van der Waals surface area contributed by atoms with Gasteiger partial charge in [-0.25, -0.2) is 0 Å². The van der Waals surface area contributed by atoms with E-state index in [1.807, 2.05) is 13.0 Å². The molecule has 1 aromatic heterocycles. The predicted octanol–water partition coefficient (Wildman–Crippen LogP) is 2.01. The number of thiophene rings is 1. The van der Waals surface area contributed by atoms with Crippen molar-refractivity contribution in [1.29, 1.82) is 0 Å². The third-order valence-corrected chi connectivity index (χ3v) is 3.82. The molecule has 1 aromatic rings.